The van der Waals surface area contributed by atoms with E-state index in [-0.39, 0.29) is 16.6 Å². The second kappa shape index (κ2) is 5.85. The first-order valence-electron chi connectivity index (χ1n) is 6.10. The maximum absolute atomic E-state index is 12.9. The third-order valence-electron chi connectivity index (χ3n) is 2.92. The second-order valence-electron chi connectivity index (χ2n) is 4.54. The van der Waals surface area contributed by atoms with E-state index in [4.69, 9.17) is 0 Å². The Morgan fingerprint density at radius 2 is 2.00 bits per heavy atom. The predicted octanol–water partition coefficient (Wildman–Crippen LogP) is 2.02. The molecule has 0 spiro atoms. The van der Waals surface area contributed by atoms with Gasteiger partial charge in [-0.2, -0.15) is 18.3 Å². The first kappa shape index (κ1) is 16.1. The minimum absolute atomic E-state index is 0.0589. The molecule has 2 aromatic heterocycles. The van der Waals surface area contributed by atoms with Gasteiger partial charge in [-0.05, 0) is 6.07 Å². The van der Waals surface area contributed by atoms with Crippen molar-refractivity contribution in [2.24, 2.45) is 7.05 Å². The van der Waals surface area contributed by atoms with Crippen LogP contribution >= 0.6 is 0 Å². The smallest absolute Gasteiger partial charge is 0.344 e. The predicted molar refractivity (Wildman–Crippen MR) is 66.7 cm³/mol. The Labute approximate surface area is 121 Å². The molecule has 0 fully saturated rings. The minimum Gasteiger partial charge on any atom is -0.344 e. The molecule has 2 heterocycles. The van der Waals surface area contributed by atoms with Gasteiger partial charge in [0.1, 0.15) is 13.3 Å². The zero-order valence-electron chi connectivity index (χ0n) is 11.3. The highest BCUT2D eigenvalue weighted by Crippen LogP contribution is 2.33. The Morgan fingerprint density at radius 3 is 2.55 bits per heavy atom. The number of aryl methyl sites for hydroxylation is 1. The van der Waals surface area contributed by atoms with Gasteiger partial charge in [0.25, 0.3) is 5.91 Å². The Kier molecular flexibility index (Phi) is 4.29. The molecule has 2 aromatic rings. The Hall–Kier alpha value is -2.26. The summed E-state index contributed by atoms with van der Waals surface area (Å²) in [6.45, 7) is -2.25. The van der Waals surface area contributed by atoms with Crippen LogP contribution in [0.1, 0.15) is 16.1 Å². The molecule has 0 bridgehead atoms. The van der Waals surface area contributed by atoms with Crippen molar-refractivity contribution in [3.63, 3.8) is 0 Å². The highest BCUT2D eigenvalue weighted by molar-refractivity contribution is 5.97. The lowest BCUT2D eigenvalue weighted by molar-refractivity contribution is -0.140. The minimum atomic E-state index is -4.71. The highest BCUT2D eigenvalue weighted by atomic mass is 19.4. The number of pyridine rings is 1. The summed E-state index contributed by atoms with van der Waals surface area (Å²) in [6.07, 6.45) is -3.69. The molecule has 1 amide bonds. The van der Waals surface area contributed by atoms with Gasteiger partial charge < -0.3 is 5.32 Å². The summed E-state index contributed by atoms with van der Waals surface area (Å²) in [6, 6.07) is -0.403. The molecule has 0 aliphatic carbocycles. The number of fused-ring (bicyclic) bond motifs is 1. The van der Waals surface area contributed by atoms with Crippen molar-refractivity contribution >= 4 is 16.9 Å². The van der Waals surface area contributed by atoms with Gasteiger partial charge in [0, 0.05) is 13.2 Å². The monoisotopic (exact) mass is 322 g/mol. The molecule has 0 aromatic carbocycles. The van der Waals surface area contributed by atoms with Gasteiger partial charge in [0.2, 0.25) is 0 Å². The van der Waals surface area contributed by atoms with Crippen LogP contribution in [0.2, 0.25) is 0 Å². The maximum Gasteiger partial charge on any atom is 0.435 e. The Balaban J connectivity index is 2.43. The second-order valence-corrected chi connectivity index (χ2v) is 4.54. The summed E-state index contributed by atoms with van der Waals surface area (Å²) >= 11 is 0. The van der Waals surface area contributed by atoms with E-state index in [1.54, 1.807) is 0 Å². The SMILES string of the molecule is Cn1nc(C(F)(F)F)c2cc(C(=O)NC(CF)CF)cnc21. The summed E-state index contributed by atoms with van der Waals surface area (Å²) in [5.74, 6) is -0.910. The van der Waals surface area contributed by atoms with Gasteiger partial charge in [-0.1, -0.05) is 0 Å². The molecule has 0 unspecified atom stereocenters. The molecule has 0 aliphatic rings. The molecule has 1 N–H and O–H groups in total. The molecule has 0 aliphatic heterocycles. The molecule has 0 atom stereocenters. The molecule has 5 nitrogen and oxygen atoms in total. The number of aromatic nitrogens is 3. The normalized spacial score (nSPS) is 12.1. The van der Waals surface area contributed by atoms with Gasteiger partial charge in [0.15, 0.2) is 11.3 Å². The fourth-order valence-corrected chi connectivity index (χ4v) is 1.86. The van der Waals surface area contributed by atoms with Crippen LogP contribution in [0.25, 0.3) is 11.0 Å². The average molecular weight is 322 g/mol. The highest BCUT2D eigenvalue weighted by Gasteiger charge is 2.37. The number of hydrogen-bond acceptors (Lipinski definition) is 3. The molecular weight excluding hydrogens is 311 g/mol. The molecule has 22 heavy (non-hydrogen) atoms. The van der Waals surface area contributed by atoms with E-state index < -0.39 is 37.2 Å². The van der Waals surface area contributed by atoms with Crippen molar-refractivity contribution in [3.8, 4) is 0 Å². The first-order chi connectivity index (χ1) is 10.3. The molecule has 120 valence electrons. The van der Waals surface area contributed by atoms with Gasteiger partial charge in [-0.3, -0.25) is 4.79 Å². The zero-order valence-corrected chi connectivity index (χ0v) is 11.3. The van der Waals surface area contributed by atoms with Crippen molar-refractivity contribution in [1.29, 1.82) is 0 Å². The molecule has 0 radical (unpaired) electrons. The summed E-state index contributed by atoms with van der Waals surface area (Å²) in [5.41, 5.74) is -1.48. The molecule has 0 saturated heterocycles. The lowest BCUT2D eigenvalue weighted by Crippen LogP contribution is -2.38. The summed E-state index contributed by atoms with van der Waals surface area (Å²) < 4.78 is 64.3. The van der Waals surface area contributed by atoms with E-state index in [2.05, 4.69) is 10.1 Å². The van der Waals surface area contributed by atoms with Crippen molar-refractivity contribution in [3.05, 3.63) is 23.5 Å². The van der Waals surface area contributed by atoms with Gasteiger partial charge >= 0.3 is 6.18 Å². The average Bonchev–Trinajstić information content (AvgIpc) is 2.81. The fourth-order valence-electron chi connectivity index (χ4n) is 1.86. The summed E-state index contributed by atoms with van der Waals surface area (Å²) in [7, 11) is 1.28. The molecule has 2 rings (SSSR count). The summed E-state index contributed by atoms with van der Waals surface area (Å²) in [5, 5.41) is 5.00. The Morgan fingerprint density at radius 1 is 1.36 bits per heavy atom. The third-order valence-corrected chi connectivity index (χ3v) is 2.92. The maximum atomic E-state index is 12.9. The van der Waals surface area contributed by atoms with E-state index in [0.29, 0.717) is 0 Å². The van der Waals surface area contributed by atoms with Crippen LogP contribution in [0.4, 0.5) is 22.0 Å². The van der Waals surface area contributed by atoms with E-state index in [1.807, 2.05) is 5.32 Å². The van der Waals surface area contributed by atoms with Crippen LogP contribution in [0.5, 0.6) is 0 Å². The number of halogens is 5. The van der Waals surface area contributed by atoms with Crippen molar-refractivity contribution in [2.75, 3.05) is 13.3 Å². The van der Waals surface area contributed by atoms with E-state index >= 15 is 0 Å². The topological polar surface area (TPSA) is 59.8 Å². The standard InChI is InChI=1S/C12H11F5N4O/c1-21-10-8(9(20-21)12(15,16)17)2-6(5-18-10)11(22)19-7(3-13)4-14/h2,5,7H,3-4H2,1H3,(H,19,22). The van der Waals surface area contributed by atoms with Crippen LogP contribution in [-0.2, 0) is 13.2 Å². The lowest BCUT2D eigenvalue weighted by atomic mass is 10.2. The number of amides is 1. The van der Waals surface area contributed by atoms with Crippen LogP contribution in [0.15, 0.2) is 12.3 Å². The fraction of sp³-hybridized carbons (Fsp3) is 0.417. The number of carbonyl (C=O) groups excluding carboxylic acids is 1. The number of nitrogens with one attached hydrogen (secondary N) is 1. The van der Waals surface area contributed by atoms with Gasteiger partial charge in [-0.25, -0.2) is 18.4 Å². The largest absolute Gasteiger partial charge is 0.435 e. The summed E-state index contributed by atoms with van der Waals surface area (Å²) in [4.78, 5) is 15.5. The van der Waals surface area contributed by atoms with Gasteiger partial charge in [0.05, 0.1) is 17.0 Å². The number of alkyl halides is 5. The van der Waals surface area contributed by atoms with E-state index in [0.717, 1.165) is 16.9 Å². The molecular formula is C12H11F5N4O. The number of carbonyl (C=O) groups is 1. The van der Waals surface area contributed by atoms with Crippen LogP contribution in [0, 0.1) is 0 Å². The van der Waals surface area contributed by atoms with Crippen LogP contribution in [0.3, 0.4) is 0 Å². The lowest BCUT2D eigenvalue weighted by Gasteiger charge is -2.11. The number of rotatable bonds is 4. The number of hydrogen-bond donors (Lipinski definition) is 1. The first-order valence-corrected chi connectivity index (χ1v) is 6.10. The quantitative estimate of drug-likeness (QED) is 0.876. The van der Waals surface area contributed by atoms with Crippen molar-refractivity contribution in [2.45, 2.75) is 12.2 Å². The van der Waals surface area contributed by atoms with E-state index in [9.17, 15) is 26.7 Å². The molecule has 0 saturated carbocycles. The number of nitrogens with zero attached hydrogens (tertiary/aromatic N) is 3. The Bertz CT molecular complexity index is 693. The van der Waals surface area contributed by atoms with Gasteiger partial charge in [-0.15, -0.1) is 0 Å². The zero-order chi connectivity index (χ0) is 16.5. The molecule has 10 heteroatoms. The third kappa shape index (κ3) is 3.00. The van der Waals surface area contributed by atoms with Crippen LogP contribution < -0.4 is 5.32 Å². The van der Waals surface area contributed by atoms with Crippen molar-refractivity contribution in [1.82, 2.24) is 20.1 Å². The van der Waals surface area contributed by atoms with Crippen molar-refractivity contribution < 1.29 is 26.7 Å². The van der Waals surface area contributed by atoms with E-state index in [1.165, 1.54) is 7.05 Å². The van der Waals surface area contributed by atoms with Crippen LogP contribution in [-0.4, -0.2) is 40.1 Å².